The Morgan fingerprint density at radius 3 is 2.85 bits per heavy atom. The van der Waals surface area contributed by atoms with Crippen LogP contribution in [0.5, 0.6) is 5.75 Å². The van der Waals surface area contributed by atoms with E-state index in [4.69, 9.17) is 9.47 Å². The number of aryl methyl sites for hydroxylation is 1. The van der Waals surface area contributed by atoms with E-state index in [1.807, 2.05) is 12.1 Å². The van der Waals surface area contributed by atoms with E-state index < -0.39 is 5.54 Å². The summed E-state index contributed by atoms with van der Waals surface area (Å²) in [5, 5.41) is 3.41. The third kappa shape index (κ3) is 2.52. The van der Waals surface area contributed by atoms with Crippen LogP contribution in [0.25, 0.3) is 0 Å². The molecule has 1 aromatic carbocycles. The zero-order chi connectivity index (χ0) is 14.6. The topological polar surface area (TPSA) is 47.6 Å². The van der Waals surface area contributed by atoms with E-state index in [-0.39, 0.29) is 5.97 Å². The van der Waals surface area contributed by atoms with Crippen LogP contribution in [0, 0.1) is 0 Å². The molecule has 0 saturated carbocycles. The van der Waals surface area contributed by atoms with Crippen molar-refractivity contribution < 1.29 is 14.3 Å². The minimum atomic E-state index is -0.729. The van der Waals surface area contributed by atoms with Gasteiger partial charge in [0.05, 0.1) is 14.2 Å². The first-order chi connectivity index (χ1) is 9.67. The van der Waals surface area contributed by atoms with E-state index in [1.54, 1.807) is 7.11 Å². The van der Waals surface area contributed by atoms with Crippen LogP contribution < -0.4 is 10.1 Å². The van der Waals surface area contributed by atoms with E-state index in [9.17, 15) is 4.79 Å². The molecule has 0 bridgehead atoms. The number of carbonyl (C=O) groups is 1. The van der Waals surface area contributed by atoms with Gasteiger partial charge in [0, 0.05) is 0 Å². The number of hydrogen-bond donors (Lipinski definition) is 1. The fraction of sp³-hybridized carbons (Fsp3) is 0.562. The number of esters is 1. The Bertz CT molecular complexity index is 487. The first kappa shape index (κ1) is 14.9. The van der Waals surface area contributed by atoms with E-state index in [0.717, 1.165) is 43.5 Å². The molecule has 0 amide bonds. The fourth-order valence-corrected chi connectivity index (χ4v) is 2.96. The van der Waals surface area contributed by atoms with Crippen molar-refractivity contribution >= 4 is 5.97 Å². The van der Waals surface area contributed by atoms with Gasteiger partial charge in [-0.2, -0.15) is 0 Å². The molecule has 0 aromatic heterocycles. The highest BCUT2D eigenvalue weighted by Crippen LogP contribution is 2.38. The summed E-state index contributed by atoms with van der Waals surface area (Å²) < 4.78 is 10.4. The van der Waals surface area contributed by atoms with E-state index in [0.29, 0.717) is 0 Å². The second-order valence-corrected chi connectivity index (χ2v) is 5.20. The molecule has 0 aliphatic heterocycles. The van der Waals surface area contributed by atoms with Gasteiger partial charge < -0.3 is 9.47 Å². The maximum absolute atomic E-state index is 12.4. The Balaban J connectivity index is 2.50. The summed E-state index contributed by atoms with van der Waals surface area (Å²) in [6.07, 6.45) is 3.70. The van der Waals surface area contributed by atoms with E-state index >= 15 is 0 Å². The zero-order valence-corrected chi connectivity index (χ0v) is 12.5. The van der Waals surface area contributed by atoms with Crippen LogP contribution in [0.2, 0.25) is 0 Å². The van der Waals surface area contributed by atoms with Crippen molar-refractivity contribution in [1.82, 2.24) is 5.32 Å². The minimum Gasteiger partial charge on any atom is -0.497 e. The third-order valence-electron chi connectivity index (χ3n) is 3.99. The van der Waals surface area contributed by atoms with Crippen LogP contribution in [0.3, 0.4) is 0 Å². The average Bonchev–Trinajstić information content (AvgIpc) is 2.51. The van der Waals surface area contributed by atoms with Crippen LogP contribution in [-0.4, -0.2) is 26.7 Å². The largest absolute Gasteiger partial charge is 0.497 e. The Hall–Kier alpha value is -1.55. The molecule has 1 N–H and O–H groups in total. The number of methoxy groups -OCH3 is 2. The predicted octanol–water partition coefficient (Wildman–Crippen LogP) is 2.40. The maximum atomic E-state index is 12.4. The Morgan fingerprint density at radius 1 is 1.40 bits per heavy atom. The summed E-state index contributed by atoms with van der Waals surface area (Å²) in [4.78, 5) is 12.4. The fourth-order valence-electron chi connectivity index (χ4n) is 2.96. The molecule has 20 heavy (non-hydrogen) atoms. The summed E-state index contributed by atoms with van der Waals surface area (Å²) in [5.74, 6) is 0.567. The molecule has 0 heterocycles. The molecule has 0 radical (unpaired) electrons. The van der Waals surface area contributed by atoms with E-state index in [1.165, 1.54) is 12.7 Å². The molecule has 110 valence electrons. The van der Waals surface area contributed by atoms with Gasteiger partial charge in [-0.3, -0.25) is 5.32 Å². The Kier molecular flexibility index (Phi) is 4.65. The van der Waals surface area contributed by atoms with Gasteiger partial charge in [-0.1, -0.05) is 13.0 Å². The summed E-state index contributed by atoms with van der Waals surface area (Å²) in [7, 11) is 3.09. The molecule has 4 heteroatoms. The average molecular weight is 277 g/mol. The van der Waals surface area contributed by atoms with Crippen LogP contribution in [0.1, 0.15) is 37.3 Å². The molecule has 1 unspecified atom stereocenters. The quantitative estimate of drug-likeness (QED) is 0.840. The first-order valence-corrected chi connectivity index (χ1v) is 7.18. The highest BCUT2D eigenvalue weighted by molar-refractivity contribution is 5.83. The van der Waals surface area contributed by atoms with Crippen molar-refractivity contribution in [2.75, 3.05) is 20.8 Å². The molecule has 4 nitrogen and oxygen atoms in total. The molecule has 0 saturated heterocycles. The number of benzene rings is 1. The Labute approximate surface area is 120 Å². The smallest absolute Gasteiger partial charge is 0.330 e. The number of hydrogen-bond acceptors (Lipinski definition) is 4. The van der Waals surface area contributed by atoms with Crippen LogP contribution in [-0.2, 0) is 21.5 Å². The summed E-state index contributed by atoms with van der Waals surface area (Å²) in [6.45, 7) is 2.87. The molecule has 0 fully saturated rings. The van der Waals surface area contributed by atoms with Crippen molar-refractivity contribution in [3.63, 3.8) is 0 Å². The lowest BCUT2D eigenvalue weighted by Gasteiger charge is -2.37. The van der Waals surface area contributed by atoms with Crippen LogP contribution in [0.15, 0.2) is 18.2 Å². The summed E-state index contributed by atoms with van der Waals surface area (Å²) in [5.41, 5.74) is 1.47. The zero-order valence-electron chi connectivity index (χ0n) is 12.5. The predicted molar refractivity (Wildman–Crippen MR) is 77.9 cm³/mol. The molecule has 1 aliphatic rings. The number of carbonyl (C=O) groups excluding carboxylic acids is 1. The van der Waals surface area contributed by atoms with Crippen LogP contribution >= 0.6 is 0 Å². The van der Waals surface area contributed by atoms with Gasteiger partial charge in [0.2, 0.25) is 0 Å². The summed E-state index contributed by atoms with van der Waals surface area (Å²) >= 11 is 0. The van der Waals surface area contributed by atoms with Gasteiger partial charge >= 0.3 is 5.97 Å². The second-order valence-electron chi connectivity index (χ2n) is 5.20. The third-order valence-corrected chi connectivity index (χ3v) is 3.99. The molecule has 2 rings (SSSR count). The van der Waals surface area contributed by atoms with Crippen LogP contribution in [0.4, 0.5) is 0 Å². The number of nitrogens with one attached hydrogen (secondary N) is 1. The van der Waals surface area contributed by atoms with Crippen molar-refractivity contribution in [3.8, 4) is 5.75 Å². The molecule has 1 atom stereocenters. The lowest BCUT2D eigenvalue weighted by Crippen LogP contribution is -2.52. The SMILES string of the molecule is CCCNC1(C(=O)OC)CCCc2ccc(OC)cc21. The van der Waals surface area contributed by atoms with Crippen molar-refractivity contribution in [2.45, 2.75) is 38.1 Å². The van der Waals surface area contributed by atoms with Gasteiger partial charge in [-0.05, 0) is 55.5 Å². The number of ether oxygens (including phenoxy) is 2. The molecular weight excluding hydrogens is 254 g/mol. The molecule has 1 aliphatic carbocycles. The highest BCUT2D eigenvalue weighted by Gasteiger charge is 2.44. The minimum absolute atomic E-state index is 0.208. The van der Waals surface area contributed by atoms with Gasteiger partial charge in [0.25, 0.3) is 0 Å². The highest BCUT2D eigenvalue weighted by atomic mass is 16.5. The molecule has 1 aromatic rings. The normalized spacial score (nSPS) is 21.1. The van der Waals surface area contributed by atoms with Gasteiger partial charge in [0.1, 0.15) is 11.3 Å². The lowest BCUT2D eigenvalue weighted by molar-refractivity contribution is -0.150. The maximum Gasteiger partial charge on any atom is 0.330 e. The molecule has 0 spiro atoms. The first-order valence-electron chi connectivity index (χ1n) is 7.18. The van der Waals surface area contributed by atoms with Crippen molar-refractivity contribution in [2.24, 2.45) is 0 Å². The standard InChI is InChI=1S/C16H23NO3/c1-4-10-17-16(15(18)20-3)9-5-6-12-7-8-13(19-2)11-14(12)16/h7-8,11,17H,4-6,9-10H2,1-3H3. The Morgan fingerprint density at radius 2 is 2.20 bits per heavy atom. The van der Waals surface area contributed by atoms with E-state index in [2.05, 4.69) is 18.3 Å². The van der Waals surface area contributed by atoms with Crippen molar-refractivity contribution in [3.05, 3.63) is 29.3 Å². The van der Waals surface area contributed by atoms with Gasteiger partial charge in [-0.25, -0.2) is 4.79 Å². The van der Waals surface area contributed by atoms with Crippen molar-refractivity contribution in [1.29, 1.82) is 0 Å². The van der Waals surface area contributed by atoms with Gasteiger partial charge in [0.15, 0.2) is 0 Å². The van der Waals surface area contributed by atoms with Gasteiger partial charge in [-0.15, -0.1) is 0 Å². The second kappa shape index (κ2) is 6.27. The number of fused-ring (bicyclic) bond motifs is 1. The number of rotatable bonds is 5. The molecular formula is C16H23NO3. The lowest BCUT2D eigenvalue weighted by atomic mass is 9.76. The summed E-state index contributed by atoms with van der Waals surface area (Å²) in [6, 6.07) is 5.97. The monoisotopic (exact) mass is 277 g/mol.